The Hall–Kier alpha value is -2.40. The Bertz CT molecular complexity index is 834. The number of aliphatic imine (C=N–C) groups is 1. The summed E-state index contributed by atoms with van der Waals surface area (Å²) in [5.41, 5.74) is 3.92. The van der Waals surface area contributed by atoms with Crippen molar-refractivity contribution in [1.82, 2.24) is 19.9 Å². The third kappa shape index (κ3) is 2.67. The van der Waals surface area contributed by atoms with E-state index in [2.05, 4.69) is 19.9 Å². The van der Waals surface area contributed by atoms with Gasteiger partial charge in [0.2, 0.25) is 0 Å². The molecule has 0 saturated heterocycles. The van der Waals surface area contributed by atoms with Gasteiger partial charge in [0.05, 0.1) is 11.7 Å². The Labute approximate surface area is 133 Å². The molecule has 0 aliphatic heterocycles. The van der Waals surface area contributed by atoms with Gasteiger partial charge in [-0.3, -0.25) is 0 Å². The minimum Gasteiger partial charge on any atom is -0.369 e. The second-order valence-corrected chi connectivity index (χ2v) is 5.70. The highest BCUT2D eigenvalue weighted by Gasteiger charge is 2.15. The van der Waals surface area contributed by atoms with Gasteiger partial charge in [-0.1, -0.05) is 23.7 Å². The van der Waals surface area contributed by atoms with Gasteiger partial charge in [0.15, 0.2) is 5.82 Å². The van der Waals surface area contributed by atoms with Crippen LogP contribution in [0, 0.1) is 6.92 Å². The van der Waals surface area contributed by atoms with E-state index in [-0.39, 0.29) is 0 Å². The standard InChI is InChI=1S/C16H16ClN5/c1-10-13(11-4-6-12(17)7-5-11)14-15(20-9-22(2)3)18-8-19-16(14)21-10/h4-9H,1-3H3,(H,18,19,21)/b20-9-. The van der Waals surface area contributed by atoms with Crippen LogP contribution in [0.5, 0.6) is 0 Å². The van der Waals surface area contributed by atoms with E-state index in [1.807, 2.05) is 50.2 Å². The average Bonchev–Trinajstić information content (AvgIpc) is 2.82. The van der Waals surface area contributed by atoms with E-state index in [4.69, 9.17) is 11.6 Å². The maximum absolute atomic E-state index is 5.99. The summed E-state index contributed by atoms with van der Waals surface area (Å²) in [5, 5.41) is 1.63. The molecule has 3 aromatic rings. The topological polar surface area (TPSA) is 57.2 Å². The first-order chi connectivity index (χ1) is 10.6. The van der Waals surface area contributed by atoms with Crippen molar-refractivity contribution in [1.29, 1.82) is 0 Å². The van der Waals surface area contributed by atoms with E-state index in [0.717, 1.165) is 27.9 Å². The number of aromatic nitrogens is 3. The van der Waals surface area contributed by atoms with Gasteiger partial charge in [-0.2, -0.15) is 0 Å². The van der Waals surface area contributed by atoms with Gasteiger partial charge in [-0.05, 0) is 24.6 Å². The molecule has 5 nitrogen and oxygen atoms in total. The first-order valence-corrected chi connectivity index (χ1v) is 7.24. The minimum absolute atomic E-state index is 0.646. The molecule has 0 spiro atoms. The molecule has 3 rings (SSSR count). The van der Waals surface area contributed by atoms with E-state index in [1.54, 1.807) is 6.34 Å². The molecule has 0 aliphatic rings. The van der Waals surface area contributed by atoms with Crippen molar-refractivity contribution in [2.24, 2.45) is 4.99 Å². The van der Waals surface area contributed by atoms with Crippen molar-refractivity contribution in [3.05, 3.63) is 41.3 Å². The zero-order valence-corrected chi connectivity index (χ0v) is 13.4. The number of rotatable bonds is 3. The molecule has 1 N–H and O–H groups in total. The van der Waals surface area contributed by atoms with Crippen LogP contribution in [0.1, 0.15) is 5.69 Å². The van der Waals surface area contributed by atoms with Crippen molar-refractivity contribution in [2.75, 3.05) is 14.1 Å². The number of hydrogen-bond acceptors (Lipinski definition) is 3. The molecule has 0 atom stereocenters. The van der Waals surface area contributed by atoms with Crippen LogP contribution in [-0.4, -0.2) is 40.3 Å². The van der Waals surface area contributed by atoms with Crippen LogP contribution in [-0.2, 0) is 0 Å². The van der Waals surface area contributed by atoms with E-state index >= 15 is 0 Å². The molecule has 0 amide bonds. The molecular formula is C16H16ClN5. The number of aryl methyl sites for hydroxylation is 1. The summed E-state index contributed by atoms with van der Waals surface area (Å²) in [6, 6.07) is 7.73. The molecule has 6 heteroatoms. The maximum Gasteiger partial charge on any atom is 0.166 e. The van der Waals surface area contributed by atoms with Crippen molar-refractivity contribution < 1.29 is 0 Å². The molecule has 0 fully saturated rings. The lowest BCUT2D eigenvalue weighted by Gasteiger charge is -2.05. The molecule has 0 unspecified atom stereocenters. The quantitative estimate of drug-likeness (QED) is 0.591. The fraction of sp³-hybridized carbons (Fsp3) is 0.188. The van der Waals surface area contributed by atoms with Gasteiger partial charge in [-0.25, -0.2) is 15.0 Å². The van der Waals surface area contributed by atoms with Gasteiger partial charge in [0.25, 0.3) is 0 Å². The summed E-state index contributed by atoms with van der Waals surface area (Å²) in [5.74, 6) is 0.646. The third-order valence-electron chi connectivity index (χ3n) is 3.30. The summed E-state index contributed by atoms with van der Waals surface area (Å²) in [4.78, 5) is 18.2. The Kier molecular flexibility index (Phi) is 3.81. The highest BCUT2D eigenvalue weighted by atomic mass is 35.5. The van der Waals surface area contributed by atoms with Gasteiger partial charge in [0, 0.05) is 30.4 Å². The Morgan fingerprint density at radius 3 is 2.59 bits per heavy atom. The zero-order valence-electron chi connectivity index (χ0n) is 12.6. The van der Waals surface area contributed by atoms with Crippen molar-refractivity contribution in [3.8, 4) is 11.1 Å². The first-order valence-electron chi connectivity index (χ1n) is 6.86. The molecule has 1 aromatic carbocycles. The van der Waals surface area contributed by atoms with Crippen molar-refractivity contribution in [3.63, 3.8) is 0 Å². The maximum atomic E-state index is 5.99. The Balaban J connectivity index is 2.25. The lowest BCUT2D eigenvalue weighted by Crippen LogP contribution is -2.07. The van der Waals surface area contributed by atoms with Gasteiger partial charge >= 0.3 is 0 Å². The fourth-order valence-corrected chi connectivity index (χ4v) is 2.50. The predicted molar refractivity (Wildman–Crippen MR) is 90.9 cm³/mol. The summed E-state index contributed by atoms with van der Waals surface area (Å²) < 4.78 is 0. The summed E-state index contributed by atoms with van der Waals surface area (Å²) in [6.07, 6.45) is 3.25. The van der Waals surface area contributed by atoms with E-state index in [0.29, 0.717) is 10.8 Å². The molecule has 0 bridgehead atoms. The zero-order chi connectivity index (χ0) is 15.7. The van der Waals surface area contributed by atoms with Crippen LogP contribution < -0.4 is 0 Å². The predicted octanol–water partition coefficient (Wildman–Crippen LogP) is 3.81. The summed E-state index contributed by atoms with van der Waals surface area (Å²) >= 11 is 5.99. The number of aromatic amines is 1. The van der Waals surface area contributed by atoms with Crippen LogP contribution in [0.2, 0.25) is 5.02 Å². The van der Waals surface area contributed by atoms with E-state index in [1.165, 1.54) is 6.33 Å². The molecule has 112 valence electrons. The molecule has 2 aromatic heterocycles. The fourth-order valence-electron chi connectivity index (χ4n) is 2.37. The lowest BCUT2D eigenvalue weighted by atomic mass is 10.0. The molecule has 0 radical (unpaired) electrons. The van der Waals surface area contributed by atoms with Crippen LogP contribution in [0.25, 0.3) is 22.2 Å². The Morgan fingerprint density at radius 2 is 1.91 bits per heavy atom. The van der Waals surface area contributed by atoms with Crippen LogP contribution >= 0.6 is 11.6 Å². The first kappa shape index (κ1) is 14.5. The number of halogens is 1. The Morgan fingerprint density at radius 1 is 1.18 bits per heavy atom. The van der Waals surface area contributed by atoms with Gasteiger partial charge in [-0.15, -0.1) is 0 Å². The molecule has 0 aliphatic carbocycles. The molecule has 0 saturated carbocycles. The van der Waals surface area contributed by atoms with Gasteiger partial charge in [0.1, 0.15) is 12.0 Å². The number of nitrogens with zero attached hydrogens (tertiary/aromatic N) is 4. The average molecular weight is 314 g/mol. The van der Waals surface area contributed by atoms with Crippen LogP contribution in [0.3, 0.4) is 0 Å². The SMILES string of the molecule is Cc1[nH]c2ncnc(/N=C\N(C)C)c2c1-c1ccc(Cl)cc1. The summed E-state index contributed by atoms with van der Waals surface area (Å²) in [7, 11) is 3.84. The second kappa shape index (κ2) is 5.77. The number of benzene rings is 1. The molecular weight excluding hydrogens is 298 g/mol. The molecule has 22 heavy (non-hydrogen) atoms. The summed E-state index contributed by atoms with van der Waals surface area (Å²) in [6.45, 7) is 2.02. The van der Waals surface area contributed by atoms with E-state index in [9.17, 15) is 0 Å². The number of hydrogen-bond donors (Lipinski definition) is 1. The normalized spacial score (nSPS) is 11.5. The van der Waals surface area contributed by atoms with Crippen molar-refractivity contribution in [2.45, 2.75) is 6.92 Å². The second-order valence-electron chi connectivity index (χ2n) is 5.26. The smallest absolute Gasteiger partial charge is 0.166 e. The van der Waals surface area contributed by atoms with Crippen molar-refractivity contribution >= 4 is 34.8 Å². The van der Waals surface area contributed by atoms with Gasteiger partial charge < -0.3 is 9.88 Å². The van der Waals surface area contributed by atoms with E-state index < -0.39 is 0 Å². The van der Waals surface area contributed by atoms with Crippen LogP contribution in [0.15, 0.2) is 35.6 Å². The lowest BCUT2D eigenvalue weighted by molar-refractivity contribution is 0.643. The highest BCUT2D eigenvalue weighted by molar-refractivity contribution is 6.30. The largest absolute Gasteiger partial charge is 0.369 e. The number of fused-ring (bicyclic) bond motifs is 1. The number of H-pyrrole nitrogens is 1. The molecule has 2 heterocycles. The van der Waals surface area contributed by atoms with Crippen LogP contribution in [0.4, 0.5) is 5.82 Å². The minimum atomic E-state index is 0.646. The monoisotopic (exact) mass is 313 g/mol. The number of nitrogens with one attached hydrogen (secondary N) is 1. The highest BCUT2D eigenvalue weighted by Crippen LogP contribution is 2.36. The third-order valence-corrected chi connectivity index (χ3v) is 3.55.